The lowest BCUT2D eigenvalue weighted by molar-refractivity contribution is -0.127. The van der Waals surface area contributed by atoms with Crippen molar-refractivity contribution < 1.29 is 4.79 Å². The van der Waals surface area contributed by atoms with E-state index in [0.717, 1.165) is 12.5 Å². The van der Waals surface area contributed by atoms with Crippen molar-refractivity contribution in [1.29, 1.82) is 0 Å². The summed E-state index contributed by atoms with van der Waals surface area (Å²) in [5.41, 5.74) is 0. The molecule has 5 heteroatoms. The Labute approximate surface area is 110 Å². The lowest BCUT2D eigenvalue weighted by Gasteiger charge is -2.14. The summed E-state index contributed by atoms with van der Waals surface area (Å²) in [6.07, 6.45) is 1.18. The molecule has 2 atom stereocenters. The van der Waals surface area contributed by atoms with Gasteiger partial charge in [0, 0.05) is 26.7 Å². The average molecular weight is 254 g/mol. The molecule has 0 spiro atoms. The van der Waals surface area contributed by atoms with Gasteiger partial charge in [0.05, 0.1) is 0 Å². The van der Waals surface area contributed by atoms with E-state index in [9.17, 15) is 4.79 Å². The van der Waals surface area contributed by atoms with Crippen LogP contribution in [0, 0.1) is 11.8 Å². The minimum absolute atomic E-state index is 0.0180. The maximum absolute atomic E-state index is 11.5. The van der Waals surface area contributed by atoms with Gasteiger partial charge in [-0.2, -0.15) is 0 Å². The van der Waals surface area contributed by atoms with Gasteiger partial charge in [-0.1, -0.05) is 20.8 Å². The number of aliphatic imine (C=N–C) groups is 1. The molecule has 1 fully saturated rings. The number of amides is 1. The zero-order valence-corrected chi connectivity index (χ0v) is 12.2. The molecule has 1 aliphatic rings. The molecular formula is C13H26N4O. The Morgan fingerprint density at radius 3 is 2.50 bits per heavy atom. The fourth-order valence-corrected chi connectivity index (χ4v) is 1.44. The second-order valence-electron chi connectivity index (χ2n) is 5.69. The predicted octanol–water partition coefficient (Wildman–Crippen LogP) is 0.674. The van der Waals surface area contributed by atoms with E-state index in [2.05, 4.69) is 36.4 Å². The highest BCUT2D eigenvalue weighted by Crippen LogP contribution is 2.28. The van der Waals surface area contributed by atoms with E-state index in [4.69, 9.17) is 0 Å². The smallest absolute Gasteiger partial charge is 0.243 e. The van der Waals surface area contributed by atoms with Crippen LogP contribution in [-0.2, 0) is 4.79 Å². The van der Waals surface area contributed by atoms with Crippen molar-refractivity contribution in [3.05, 3.63) is 0 Å². The van der Waals surface area contributed by atoms with Gasteiger partial charge in [-0.05, 0) is 18.3 Å². The van der Waals surface area contributed by atoms with Crippen molar-refractivity contribution in [2.24, 2.45) is 16.8 Å². The largest absolute Gasteiger partial charge is 0.356 e. The van der Waals surface area contributed by atoms with E-state index in [-0.39, 0.29) is 12.5 Å². The zero-order chi connectivity index (χ0) is 13.7. The summed E-state index contributed by atoms with van der Waals surface area (Å²) in [7, 11) is 3.49. The van der Waals surface area contributed by atoms with Crippen LogP contribution in [0.25, 0.3) is 0 Å². The molecule has 5 nitrogen and oxygen atoms in total. The summed E-state index contributed by atoms with van der Waals surface area (Å²) in [5.74, 6) is 2.04. The van der Waals surface area contributed by atoms with Crippen LogP contribution in [-0.4, -0.2) is 50.0 Å². The van der Waals surface area contributed by atoms with Crippen LogP contribution in [0.2, 0.25) is 0 Å². The van der Waals surface area contributed by atoms with E-state index >= 15 is 0 Å². The SMILES string of the molecule is CC(C)CNC(=NCC(=O)N(C)C)NC1CC1C. The second kappa shape index (κ2) is 6.61. The minimum Gasteiger partial charge on any atom is -0.356 e. The maximum Gasteiger partial charge on any atom is 0.243 e. The number of guanidine groups is 1. The average Bonchev–Trinajstić information content (AvgIpc) is 2.97. The van der Waals surface area contributed by atoms with Gasteiger partial charge < -0.3 is 15.5 Å². The first-order valence-corrected chi connectivity index (χ1v) is 6.65. The van der Waals surface area contributed by atoms with E-state index in [1.165, 1.54) is 6.42 Å². The van der Waals surface area contributed by atoms with Crippen molar-refractivity contribution in [2.45, 2.75) is 33.2 Å². The van der Waals surface area contributed by atoms with Crippen molar-refractivity contribution in [3.63, 3.8) is 0 Å². The summed E-state index contributed by atoms with van der Waals surface area (Å²) in [4.78, 5) is 17.4. The molecule has 0 bridgehead atoms. The van der Waals surface area contributed by atoms with Crippen molar-refractivity contribution >= 4 is 11.9 Å². The van der Waals surface area contributed by atoms with Crippen LogP contribution < -0.4 is 10.6 Å². The number of carbonyl (C=O) groups excluding carboxylic acids is 1. The van der Waals surface area contributed by atoms with Crippen LogP contribution >= 0.6 is 0 Å². The Bertz CT molecular complexity index is 312. The highest BCUT2D eigenvalue weighted by atomic mass is 16.2. The lowest BCUT2D eigenvalue weighted by Crippen LogP contribution is -2.41. The minimum atomic E-state index is 0.0180. The molecule has 0 aromatic heterocycles. The Morgan fingerprint density at radius 2 is 2.06 bits per heavy atom. The van der Waals surface area contributed by atoms with Crippen molar-refractivity contribution in [1.82, 2.24) is 15.5 Å². The van der Waals surface area contributed by atoms with Crippen LogP contribution in [0.4, 0.5) is 0 Å². The molecule has 2 unspecified atom stereocenters. The third kappa shape index (κ3) is 5.38. The van der Waals surface area contributed by atoms with Gasteiger partial charge in [0.1, 0.15) is 6.54 Å². The maximum atomic E-state index is 11.5. The fraction of sp³-hybridized carbons (Fsp3) is 0.846. The Kier molecular flexibility index (Phi) is 5.44. The summed E-state index contributed by atoms with van der Waals surface area (Å²) < 4.78 is 0. The molecule has 0 aliphatic heterocycles. The van der Waals surface area contributed by atoms with E-state index in [1.807, 2.05) is 0 Å². The highest BCUT2D eigenvalue weighted by Gasteiger charge is 2.33. The van der Waals surface area contributed by atoms with Crippen LogP contribution in [0.5, 0.6) is 0 Å². The van der Waals surface area contributed by atoms with Gasteiger partial charge in [0.25, 0.3) is 0 Å². The summed E-state index contributed by atoms with van der Waals surface area (Å²) in [6.45, 7) is 7.57. The number of hydrogen-bond acceptors (Lipinski definition) is 2. The molecule has 0 heterocycles. The third-order valence-electron chi connectivity index (χ3n) is 2.98. The normalized spacial score (nSPS) is 22.9. The second-order valence-corrected chi connectivity index (χ2v) is 5.69. The summed E-state index contributed by atoms with van der Waals surface area (Å²) in [5, 5.41) is 6.63. The van der Waals surface area contributed by atoms with E-state index in [1.54, 1.807) is 19.0 Å². The van der Waals surface area contributed by atoms with Crippen LogP contribution in [0.3, 0.4) is 0 Å². The first kappa shape index (κ1) is 14.8. The highest BCUT2D eigenvalue weighted by molar-refractivity contribution is 5.85. The molecule has 0 aromatic rings. The number of nitrogens with zero attached hydrogens (tertiary/aromatic N) is 2. The Morgan fingerprint density at radius 1 is 1.44 bits per heavy atom. The van der Waals surface area contributed by atoms with Gasteiger partial charge >= 0.3 is 0 Å². The molecule has 0 aromatic carbocycles. The van der Waals surface area contributed by atoms with Gasteiger partial charge in [0.2, 0.25) is 5.91 Å². The van der Waals surface area contributed by atoms with Crippen molar-refractivity contribution in [3.8, 4) is 0 Å². The Balaban J connectivity index is 2.46. The number of carbonyl (C=O) groups is 1. The first-order chi connectivity index (χ1) is 8.40. The van der Waals surface area contributed by atoms with Gasteiger partial charge in [-0.3, -0.25) is 4.79 Å². The molecule has 1 saturated carbocycles. The Hall–Kier alpha value is -1.26. The fourth-order valence-electron chi connectivity index (χ4n) is 1.44. The van der Waals surface area contributed by atoms with Crippen LogP contribution in [0.1, 0.15) is 27.2 Å². The third-order valence-corrected chi connectivity index (χ3v) is 2.98. The quantitative estimate of drug-likeness (QED) is 0.560. The van der Waals surface area contributed by atoms with Gasteiger partial charge in [-0.15, -0.1) is 0 Å². The lowest BCUT2D eigenvalue weighted by atomic mass is 10.2. The van der Waals surface area contributed by atoms with E-state index < -0.39 is 0 Å². The summed E-state index contributed by atoms with van der Waals surface area (Å²) in [6, 6.07) is 0.512. The molecule has 1 aliphatic carbocycles. The van der Waals surface area contributed by atoms with Gasteiger partial charge in [0.15, 0.2) is 5.96 Å². The monoisotopic (exact) mass is 254 g/mol. The topological polar surface area (TPSA) is 56.7 Å². The number of nitrogens with one attached hydrogen (secondary N) is 2. The molecule has 0 saturated heterocycles. The predicted molar refractivity (Wildman–Crippen MR) is 74.5 cm³/mol. The molecule has 1 amide bonds. The molecular weight excluding hydrogens is 228 g/mol. The summed E-state index contributed by atoms with van der Waals surface area (Å²) >= 11 is 0. The molecule has 104 valence electrons. The molecule has 0 radical (unpaired) electrons. The first-order valence-electron chi connectivity index (χ1n) is 6.65. The number of rotatable bonds is 5. The molecule has 1 rings (SSSR count). The van der Waals surface area contributed by atoms with E-state index in [0.29, 0.717) is 17.9 Å². The number of hydrogen-bond donors (Lipinski definition) is 2. The van der Waals surface area contributed by atoms with Gasteiger partial charge in [-0.25, -0.2) is 4.99 Å². The zero-order valence-electron chi connectivity index (χ0n) is 12.2. The molecule has 2 N–H and O–H groups in total. The standard InChI is InChI=1S/C13H26N4O/c1-9(2)7-14-13(16-11-6-10(11)3)15-8-12(18)17(4)5/h9-11H,6-8H2,1-5H3,(H2,14,15,16). The molecule has 18 heavy (non-hydrogen) atoms. The number of likely N-dealkylation sites (N-methyl/N-ethyl adjacent to an activating group) is 1. The van der Waals surface area contributed by atoms with Crippen LogP contribution in [0.15, 0.2) is 4.99 Å². The van der Waals surface area contributed by atoms with Crippen molar-refractivity contribution in [2.75, 3.05) is 27.2 Å².